The smallest absolute Gasteiger partial charge is 0.403 e. The fourth-order valence-corrected chi connectivity index (χ4v) is 4.10. The van der Waals surface area contributed by atoms with Gasteiger partial charge in [0.2, 0.25) is 0 Å². The van der Waals surface area contributed by atoms with Crippen LogP contribution in [0.5, 0.6) is 5.75 Å². The number of phosphoric acid groups is 1. The van der Waals surface area contributed by atoms with Gasteiger partial charge >= 0.3 is 7.82 Å². The Balaban J connectivity index is 2.22. The number of hydrogen-bond donors (Lipinski definition) is 0. The molecule has 0 atom stereocenters. The van der Waals surface area contributed by atoms with Crippen molar-refractivity contribution >= 4 is 41.0 Å². The minimum atomic E-state index is -3.68. The maximum absolute atomic E-state index is 12.7. The van der Waals surface area contributed by atoms with Crippen LogP contribution in [0.2, 0.25) is 5.02 Å². The average Bonchev–Trinajstić information content (AvgIpc) is 2.56. The molecule has 0 aliphatic heterocycles. The van der Waals surface area contributed by atoms with Crippen LogP contribution in [0.1, 0.15) is 13.8 Å². The summed E-state index contributed by atoms with van der Waals surface area (Å²) in [6.07, 6.45) is 0. The van der Waals surface area contributed by atoms with Gasteiger partial charge in [0.05, 0.1) is 13.2 Å². The van der Waals surface area contributed by atoms with Crippen molar-refractivity contribution in [3.05, 3.63) is 53.6 Å². The van der Waals surface area contributed by atoms with Gasteiger partial charge in [0.1, 0.15) is 5.75 Å². The summed E-state index contributed by atoms with van der Waals surface area (Å²) < 4.78 is 28.9. The molecular formula is C18H18ClO4P. The van der Waals surface area contributed by atoms with Crippen molar-refractivity contribution in [2.75, 3.05) is 13.2 Å². The Bertz CT molecular complexity index is 915. The molecule has 3 aromatic rings. The molecule has 3 rings (SSSR count). The highest BCUT2D eigenvalue weighted by Gasteiger charge is 2.28. The van der Waals surface area contributed by atoms with E-state index in [1.165, 1.54) is 0 Å². The molecule has 0 aliphatic carbocycles. The molecule has 0 spiro atoms. The summed E-state index contributed by atoms with van der Waals surface area (Å²) in [7, 11) is -3.68. The second kappa shape index (κ2) is 7.12. The highest BCUT2D eigenvalue weighted by Crippen LogP contribution is 2.51. The van der Waals surface area contributed by atoms with E-state index in [4.69, 9.17) is 25.2 Å². The molecule has 0 amide bonds. The van der Waals surface area contributed by atoms with Crippen molar-refractivity contribution in [3.63, 3.8) is 0 Å². The third-order valence-corrected chi connectivity index (χ3v) is 5.49. The lowest BCUT2D eigenvalue weighted by Gasteiger charge is -2.19. The highest BCUT2D eigenvalue weighted by atomic mass is 35.5. The van der Waals surface area contributed by atoms with Crippen LogP contribution < -0.4 is 4.52 Å². The van der Waals surface area contributed by atoms with E-state index in [2.05, 4.69) is 0 Å². The summed E-state index contributed by atoms with van der Waals surface area (Å²) in [5, 5.41) is 4.23. The first-order chi connectivity index (χ1) is 11.6. The first-order valence-electron chi connectivity index (χ1n) is 7.76. The largest absolute Gasteiger partial charge is 0.530 e. The lowest BCUT2D eigenvalue weighted by Crippen LogP contribution is -2.02. The predicted molar refractivity (Wildman–Crippen MR) is 98.0 cm³/mol. The molecule has 0 bridgehead atoms. The van der Waals surface area contributed by atoms with E-state index < -0.39 is 7.82 Å². The Morgan fingerprint density at radius 1 is 0.875 bits per heavy atom. The van der Waals surface area contributed by atoms with Gasteiger partial charge in [0, 0.05) is 15.8 Å². The van der Waals surface area contributed by atoms with Gasteiger partial charge in [-0.1, -0.05) is 48.0 Å². The lowest BCUT2D eigenvalue weighted by molar-refractivity contribution is 0.168. The molecule has 0 aliphatic rings. The van der Waals surface area contributed by atoms with Crippen molar-refractivity contribution < 1.29 is 18.1 Å². The van der Waals surface area contributed by atoms with E-state index in [9.17, 15) is 4.57 Å². The first-order valence-corrected chi connectivity index (χ1v) is 9.60. The third-order valence-electron chi connectivity index (χ3n) is 3.60. The number of phosphoric ester groups is 1. The van der Waals surface area contributed by atoms with Crippen LogP contribution in [0.25, 0.3) is 21.5 Å². The molecule has 0 fully saturated rings. The second-order valence-electron chi connectivity index (χ2n) is 5.13. The van der Waals surface area contributed by atoms with E-state index in [1.807, 2.05) is 42.5 Å². The molecule has 6 heteroatoms. The van der Waals surface area contributed by atoms with Crippen LogP contribution in [-0.2, 0) is 13.6 Å². The maximum Gasteiger partial charge on any atom is 0.530 e. The molecule has 0 saturated carbocycles. The van der Waals surface area contributed by atoms with E-state index in [-0.39, 0.29) is 13.2 Å². The van der Waals surface area contributed by atoms with Crippen molar-refractivity contribution in [3.8, 4) is 5.75 Å². The van der Waals surface area contributed by atoms with Gasteiger partial charge in [-0.05, 0) is 36.8 Å². The van der Waals surface area contributed by atoms with Crippen LogP contribution in [0.3, 0.4) is 0 Å². The van der Waals surface area contributed by atoms with Crippen molar-refractivity contribution in [2.45, 2.75) is 13.8 Å². The third kappa shape index (κ3) is 3.28. The minimum absolute atomic E-state index is 0.226. The van der Waals surface area contributed by atoms with Gasteiger partial charge in [-0.25, -0.2) is 4.57 Å². The zero-order valence-electron chi connectivity index (χ0n) is 13.5. The summed E-state index contributed by atoms with van der Waals surface area (Å²) in [4.78, 5) is 0. The number of benzene rings is 3. The Hall–Kier alpha value is -1.58. The van der Waals surface area contributed by atoms with Crippen LogP contribution in [0.15, 0.2) is 48.5 Å². The fraction of sp³-hybridized carbons (Fsp3) is 0.222. The highest BCUT2D eigenvalue weighted by molar-refractivity contribution is 7.48. The van der Waals surface area contributed by atoms with E-state index in [0.29, 0.717) is 10.8 Å². The number of fused-ring (bicyclic) bond motifs is 3. The summed E-state index contributed by atoms with van der Waals surface area (Å²) in [6.45, 7) is 3.93. The van der Waals surface area contributed by atoms with Gasteiger partial charge in [-0.2, -0.15) is 0 Å². The van der Waals surface area contributed by atoms with Crippen LogP contribution in [-0.4, -0.2) is 13.2 Å². The maximum atomic E-state index is 12.7. The monoisotopic (exact) mass is 364 g/mol. The Morgan fingerprint density at radius 2 is 1.46 bits per heavy atom. The van der Waals surface area contributed by atoms with Crippen molar-refractivity contribution in [1.82, 2.24) is 0 Å². The number of halogens is 1. The quantitative estimate of drug-likeness (QED) is 0.385. The number of rotatable bonds is 6. The zero-order chi connectivity index (χ0) is 17.2. The topological polar surface area (TPSA) is 44.8 Å². The zero-order valence-corrected chi connectivity index (χ0v) is 15.1. The van der Waals surface area contributed by atoms with E-state index in [1.54, 1.807) is 19.9 Å². The molecule has 0 aromatic heterocycles. The lowest BCUT2D eigenvalue weighted by atomic mass is 10.0. The molecule has 0 unspecified atom stereocenters. The van der Waals surface area contributed by atoms with Gasteiger partial charge < -0.3 is 4.52 Å². The van der Waals surface area contributed by atoms with Crippen molar-refractivity contribution in [2.24, 2.45) is 0 Å². The van der Waals surface area contributed by atoms with Gasteiger partial charge in [-0.15, -0.1) is 0 Å². The van der Waals surface area contributed by atoms with Crippen LogP contribution in [0, 0.1) is 0 Å². The summed E-state index contributed by atoms with van der Waals surface area (Å²) >= 11 is 6.34. The van der Waals surface area contributed by atoms with Crippen LogP contribution >= 0.6 is 19.4 Å². The molecule has 4 nitrogen and oxygen atoms in total. The van der Waals surface area contributed by atoms with E-state index in [0.717, 1.165) is 21.5 Å². The van der Waals surface area contributed by atoms with Crippen molar-refractivity contribution in [1.29, 1.82) is 0 Å². The summed E-state index contributed by atoms with van der Waals surface area (Å²) in [5.74, 6) is 0.427. The Kier molecular flexibility index (Phi) is 5.12. The molecule has 126 valence electrons. The Labute approximate surface area is 145 Å². The second-order valence-corrected chi connectivity index (χ2v) is 7.13. The molecule has 0 N–H and O–H groups in total. The summed E-state index contributed by atoms with van der Waals surface area (Å²) in [5.41, 5.74) is 0. The van der Waals surface area contributed by atoms with Gasteiger partial charge in [0.15, 0.2) is 0 Å². The number of hydrogen-bond acceptors (Lipinski definition) is 4. The molecule has 0 heterocycles. The van der Waals surface area contributed by atoms with Gasteiger partial charge in [-0.3, -0.25) is 9.05 Å². The Morgan fingerprint density at radius 3 is 2.12 bits per heavy atom. The minimum Gasteiger partial charge on any atom is -0.403 e. The molecular weight excluding hydrogens is 347 g/mol. The predicted octanol–water partition coefficient (Wildman–Crippen LogP) is 6.21. The molecule has 3 aromatic carbocycles. The SMILES string of the molecule is CCOP(=O)(OCC)Oc1cc2c(Cl)cccc2c2ccccc12. The first kappa shape index (κ1) is 17.2. The molecule has 24 heavy (non-hydrogen) atoms. The van der Waals surface area contributed by atoms with E-state index >= 15 is 0 Å². The summed E-state index contributed by atoms with van der Waals surface area (Å²) in [6, 6.07) is 15.2. The fourth-order valence-electron chi connectivity index (χ4n) is 2.66. The van der Waals surface area contributed by atoms with Gasteiger partial charge in [0.25, 0.3) is 0 Å². The molecule has 0 radical (unpaired) electrons. The van der Waals surface area contributed by atoms with Crippen LogP contribution in [0.4, 0.5) is 0 Å². The molecule has 0 saturated heterocycles. The average molecular weight is 365 g/mol. The standard InChI is InChI=1S/C18H18ClO4P/c1-3-21-24(20,22-4-2)23-18-12-16-14(10-7-11-17(16)19)13-8-5-6-9-15(13)18/h5-12H,3-4H2,1-2H3. The normalized spacial score (nSPS) is 12.0.